The zero-order valence-corrected chi connectivity index (χ0v) is 9.21. The molecule has 0 spiro atoms. The van der Waals surface area contributed by atoms with Gasteiger partial charge < -0.3 is 15.2 Å². The lowest BCUT2D eigenvalue weighted by Crippen LogP contribution is -2.21. The predicted molar refractivity (Wildman–Crippen MR) is 61.7 cm³/mol. The zero-order chi connectivity index (χ0) is 14.4. The Labute approximate surface area is 103 Å². The summed E-state index contributed by atoms with van der Waals surface area (Å²) in [6.45, 7) is 0. The second-order valence-electron chi connectivity index (χ2n) is 3.04. The first-order valence-electron chi connectivity index (χ1n) is 4.69. The van der Waals surface area contributed by atoms with E-state index in [0.717, 1.165) is 0 Å². The Hall–Kier alpha value is -3.17. The van der Waals surface area contributed by atoms with Gasteiger partial charge in [0.25, 0.3) is 5.56 Å². The van der Waals surface area contributed by atoms with Crippen molar-refractivity contribution < 1.29 is 19.8 Å². The summed E-state index contributed by atoms with van der Waals surface area (Å²) in [6, 6.07) is 0. The lowest BCUT2D eigenvalue weighted by molar-refractivity contribution is -0.134. The number of fused-ring (bicyclic) bond motifs is 1. The summed E-state index contributed by atoms with van der Waals surface area (Å²) >= 11 is 0. The van der Waals surface area contributed by atoms with E-state index in [0.29, 0.717) is 12.2 Å². The molecule has 2 heterocycles. The maximum absolute atomic E-state index is 10.9. The van der Waals surface area contributed by atoms with Gasteiger partial charge in [-0.25, -0.2) is 19.4 Å². The van der Waals surface area contributed by atoms with Gasteiger partial charge in [0.05, 0.1) is 6.33 Å². The number of carboxylic acids is 2. The van der Waals surface area contributed by atoms with Crippen LogP contribution in [0.25, 0.3) is 11.2 Å². The summed E-state index contributed by atoms with van der Waals surface area (Å²) < 4.78 is 0. The molecule has 0 aromatic carbocycles. The molecule has 0 aliphatic rings. The minimum Gasteiger partial charge on any atom is -0.478 e. The van der Waals surface area contributed by atoms with Crippen molar-refractivity contribution in [2.24, 2.45) is 0 Å². The molecule has 5 N–H and O–H groups in total. The van der Waals surface area contributed by atoms with Crippen LogP contribution < -0.4 is 11.2 Å². The van der Waals surface area contributed by atoms with Crippen LogP contribution in [0.5, 0.6) is 0 Å². The summed E-state index contributed by atoms with van der Waals surface area (Å²) in [5, 5.41) is 15.6. The molecular formula is C9H8N4O6. The highest BCUT2D eigenvalue weighted by Gasteiger charge is 1.99. The molecule has 10 heteroatoms. The number of carbonyl (C=O) groups is 2. The Morgan fingerprint density at radius 1 is 1.11 bits per heavy atom. The van der Waals surface area contributed by atoms with Gasteiger partial charge in [0.1, 0.15) is 5.52 Å². The number of nitrogens with zero attached hydrogens (tertiary/aromatic N) is 1. The molecular weight excluding hydrogens is 260 g/mol. The molecule has 0 unspecified atom stereocenters. The van der Waals surface area contributed by atoms with E-state index in [1.807, 2.05) is 0 Å². The number of carboxylic acid groups (broad SMARTS) is 2. The molecule has 0 radical (unpaired) electrons. The van der Waals surface area contributed by atoms with Crippen molar-refractivity contribution in [3.05, 3.63) is 39.3 Å². The molecule has 0 atom stereocenters. The average Bonchev–Trinajstić information content (AvgIpc) is 2.75. The van der Waals surface area contributed by atoms with Crippen molar-refractivity contribution in [3.63, 3.8) is 0 Å². The van der Waals surface area contributed by atoms with Gasteiger partial charge in [-0.3, -0.25) is 14.8 Å². The molecule has 0 bridgehead atoms. The topological polar surface area (TPSA) is 169 Å². The van der Waals surface area contributed by atoms with E-state index in [1.54, 1.807) is 0 Å². The maximum Gasteiger partial charge on any atom is 0.328 e. The molecule has 0 aliphatic carbocycles. The normalized spacial score (nSPS) is 10.1. The summed E-state index contributed by atoms with van der Waals surface area (Å²) in [6.07, 6.45) is 2.46. The Kier molecular flexibility index (Phi) is 4.35. The molecule has 0 fully saturated rings. The Morgan fingerprint density at radius 3 is 2.21 bits per heavy atom. The summed E-state index contributed by atoms with van der Waals surface area (Å²) in [7, 11) is 0. The Morgan fingerprint density at radius 2 is 1.68 bits per heavy atom. The number of aromatic amines is 3. The summed E-state index contributed by atoms with van der Waals surface area (Å²) in [5.41, 5.74) is -0.445. The summed E-state index contributed by atoms with van der Waals surface area (Å²) in [4.78, 5) is 51.4. The largest absolute Gasteiger partial charge is 0.478 e. The minimum absolute atomic E-state index is 0.277. The highest BCUT2D eigenvalue weighted by molar-refractivity contribution is 5.89. The molecule has 0 amide bonds. The molecule has 19 heavy (non-hydrogen) atoms. The number of aromatic nitrogens is 4. The standard InChI is InChI=1S/C5H4N4O2.C4H4O4/c10-4-2-3(7-1-6-2)8-5(11)9-4;5-3(6)1-2-4(7)8/h1H,(H3,6,7,8,9,10,11);1-2H,(H,5,6)(H,7,8)/b;2-1+. The van der Waals surface area contributed by atoms with Gasteiger partial charge >= 0.3 is 17.6 Å². The van der Waals surface area contributed by atoms with Gasteiger partial charge in [0.15, 0.2) is 5.65 Å². The van der Waals surface area contributed by atoms with Crippen LogP contribution in [0.4, 0.5) is 0 Å². The van der Waals surface area contributed by atoms with Crippen LogP contribution in [0.3, 0.4) is 0 Å². The lowest BCUT2D eigenvalue weighted by atomic mass is 10.5. The second-order valence-corrected chi connectivity index (χ2v) is 3.04. The Bertz CT molecular complexity index is 721. The highest BCUT2D eigenvalue weighted by atomic mass is 16.4. The monoisotopic (exact) mass is 268 g/mol. The fourth-order valence-corrected chi connectivity index (χ4v) is 1.01. The van der Waals surface area contributed by atoms with Crippen LogP contribution in [0, 0.1) is 0 Å². The first-order valence-corrected chi connectivity index (χ1v) is 4.69. The van der Waals surface area contributed by atoms with Gasteiger partial charge in [-0.1, -0.05) is 0 Å². The smallest absolute Gasteiger partial charge is 0.328 e. The molecule has 2 rings (SSSR count). The molecule has 2 aromatic rings. The van der Waals surface area contributed by atoms with Crippen molar-refractivity contribution >= 4 is 23.1 Å². The fraction of sp³-hybridized carbons (Fsp3) is 0. The van der Waals surface area contributed by atoms with Gasteiger partial charge in [-0.05, 0) is 0 Å². The third-order valence-corrected chi connectivity index (χ3v) is 1.69. The molecule has 0 saturated carbocycles. The van der Waals surface area contributed by atoms with Gasteiger partial charge in [-0.15, -0.1) is 0 Å². The second kappa shape index (κ2) is 5.95. The fourth-order valence-electron chi connectivity index (χ4n) is 1.01. The molecule has 0 aliphatic heterocycles. The van der Waals surface area contributed by atoms with Crippen LogP contribution in [0.15, 0.2) is 28.1 Å². The summed E-state index contributed by atoms with van der Waals surface area (Å²) in [5.74, 6) is -2.51. The number of nitrogens with one attached hydrogen (secondary N) is 3. The molecule has 2 aromatic heterocycles. The van der Waals surface area contributed by atoms with E-state index in [2.05, 4.69) is 19.9 Å². The molecule has 0 saturated heterocycles. The van der Waals surface area contributed by atoms with Crippen LogP contribution in [-0.2, 0) is 9.59 Å². The van der Waals surface area contributed by atoms with Crippen molar-refractivity contribution in [1.82, 2.24) is 19.9 Å². The van der Waals surface area contributed by atoms with Crippen LogP contribution in [0.2, 0.25) is 0 Å². The predicted octanol–water partition coefficient (Wildman–Crippen LogP) is -1.35. The van der Waals surface area contributed by atoms with Gasteiger partial charge in [-0.2, -0.15) is 0 Å². The highest BCUT2D eigenvalue weighted by Crippen LogP contribution is 1.92. The number of aliphatic carboxylic acids is 2. The Balaban J connectivity index is 0.000000203. The van der Waals surface area contributed by atoms with Crippen molar-refractivity contribution in [2.45, 2.75) is 0 Å². The minimum atomic E-state index is -1.26. The third-order valence-electron chi connectivity index (χ3n) is 1.69. The SMILES string of the molecule is O=C(O)/C=C/C(=O)O.O=c1[nH]c(=O)c2[nH]cnc2[nH]1. The van der Waals surface area contributed by atoms with Gasteiger partial charge in [0, 0.05) is 12.2 Å². The first kappa shape index (κ1) is 13.9. The number of hydrogen-bond donors (Lipinski definition) is 5. The lowest BCUT2D eigenvalue weighted by Gasteiger charge is -1.83. The number of rotatable bonds is 2. The van der Waals surface area contributed by atoms with Crippen molar-refractivity contribution in [3.8, 4) is 0 Å². The molecule has 10 nitrogen and oxygen atoms in total. The van der Waals surface area contributed by atoms with Crippen LogP contribution in [0.1, 0.15) is 0 Å². The van der Waals surface area contributed by atoms with E-state index in [1.165, 1.54) is 6.33 Å². The quantitative estimate of drug-likeness (QED) is 0.419. The van der Waals surface area contributed by atoms with E-state index in [4.69, 9.17) is 10.2 Å². The maximum atomic E-state index is 10.9. The third kappa shape index (κ3) is 4.30. The van der Waals surface area contributed by atoms with E-state index >= 15 is 0 Å². The first-order chi connectivity index (χ1) is 8.90. The van der Waals surface area contributed by atoms with Crippen molar-refractivity contribution in [2.75, 3.05) is 0 Å². The average molecular weight is 268 g/mol. The van der Waals surface area contributed by atoms with E-state index in [-0.39, 0.29) is 11.2 Å². The van der Waals surface area contributed by atoms with E-state index < -0.39 is 23.2 Å². The van der Waals surface area contributed by atoms with Crippen molar-refractivity contribution in [1.29, 1.82) is 0 Å². The molecule has 100 valence electrons. The number of hydrogen-bond acceptors (Lipinski definition) is 5. The number of imidazole rings is 1. The number of H-pyrrole nitrogens is 3. The van der Waals surface area contributed by atoms with Crippen LogP contribution >= 0.6 is 0 Å². The zero-order valence-electron chi connectivity index (χ0n) is 9.21. The van der Waals surface area contributed by atoms with Crippen LogP contribution in [-0.4, -0.2) is 42.1 Å². The van der Waals surface area contributed by atoms with E-state index in [9.17, 15) is 19.2 Å². The van der Waals surface area contributed by atoms with Gasteiger partial charge in [0.2, 0.25) is 0 Å².